The monoisotopic (exact) mass is 359 g/mol. The molecule has 0 aromatic heterocycles. The van der Waals surface area contributed by atoms with E-state index in [0.29, 0.717) is 17.2 Å². The van der Waals surface area contributed by atoms with Crippen LogP contribution < -0.4 is 10.5 Å². The van der Waals surface area contributed by atoms with E-state index in [1.807, 2.05) is 12.1 Å². The predicted octanol–water partition coefficient (Wildman–Crippen LogP) is 4.73. The second-order valence-electron chi connectivity index (χ2n) is 3.40. The summed E-state index contributed by atoms with van der Waals surface area (Å²) in [5.74, 6) is 0.539. The van der Waals surface area contributed by atoms with Crippen molar-refractivity contribution in [1.82, 2.24) is 0 Å². The number of hydrogen-bond donors (Lipinski definition) is 1. The maximum Gasteiger partial charge on any atom is 0.141 e. The second-order valence-corrected chi connectivity index (χ2v) is 5.17. The number of nitrogens with two attached hydrogens (primary N) is 1. The molecule has 2 nitrogen and oxygen atoms in total. The summed E-state index contributed by atoms with van der Waals surface area (Å²) < 4.78 is 20.4. The Bertz CT molecular complexity index is 540. The van der Waals surface area contributed by atoms with Gasteiger partial charge in [0.05, 0.1) is 4.47 Å². The number of halogens is 3. The number of benzene rings is 2. The first-order valence-electron chi connectivity index (χ1n) is 4.73. The maximum atomic E-state index is 13.1. The molecule has 0 atom stereocenters. The molecular formula is C12H8Br2FNO. The summed E-state index contributed by atoms with van der Waals surface area (Å²) in [4.78, 5) is 0. The molecule has 2 aromatic rings. The molecule has 0 heterocycles. The minimum atomic E-state index is -0.423. The first-order chi connectivity index (χ1) is 8.04. The van der Waals surface area contributed by atoms with E-state index >= 15 is 0 Å². The fraction of sp³-hybridized carbons (Fsp3) is 0. The van der Waals surface area contributed by atoms with E-state index in [-0.39, 0.29) is 0 Å². The smallest absolute Gasteiger partial charge is 0.141 e. The molecule has 0 aliphatic carbocycles. The summed E-state index contributed by atoms with van der Waals surface area (Å²) >= 11 is 6.70. The van der Waals surface area contributed by atoms with E-state index in [0.717, 1.165) is 8.95 Å². The van der Waals surface area contributed by atoms with Crippen LogP contribution in [0.25, 0.3) is 0 Å². The van der Waals surface area contributed by atoms with Gasteiger partial charge in [-0.05, 0) is 40.2 Å². The minimum Gasteiger partial charge on any atom is -0.456 e. The van der Waals surface area contributed by atoms with Crippen LogP contribution in [-0.4, -0.2) is 0 Å². The van der Waals surface area contributed by atoms with E-state index in [4.69, 9.17) is 10.5 Å². The van der Waals surface area contributed by atoms with Crippen LogP contribution in [0.5, 0.6) is 11.5 Å². The molecule has 0 spiro atoms. The lowest BCUT2D eigenvalue weighted by Crippen LogP contribution is -1.90. The molecule has 2 N–H and O–H groups in total. The number of ether oxygens (including phenoxy) is 1. The number of hydrogen-bond acceptors (Lipinski definition) is 2. The van der Waals surface area contributed by atoms with Gasteiger partial charge in [-0.3, -0.25) is 0 Å². The third-order valence-electron chi connectivity index (χ3n) is 2.02. The van der Waals surface area contributed by atoms with E-state index < -0.39 is 5.82 Å². The molecule has 5 heteroatoms. The summed E-state index contributed by atoms with van der Waals surface area (Å²) in [7, 11) is 0. The van der Waals surface area contributed by atoms with Gasteiger partial charge in [0.15, 0.2) is 0 Å². The number of nitrogen functional groups attached to an aromatic ring is 1. The first kappa shape index (κ1) is 12.4. The molecule has 2 rings (SSSR count). The standard InChI is InChI=1S/C12H8Br2FNO/c13-7-1-2-12(11(14)3-7)17-10-5-8(15)4-9(16)6-10/h1-6H,16H2. The van der Waals surface area contributed by atoms with Gasteiger partial charge in [0.1, 0.15) is 17.3 Å². The quantitative estimate of drug-likeness (QED) is 0.786. The van der Waals surface area contributed by atoms with Gasteiger partial charge < -0.3 is 10.5 Å². The highest BCUT2D eigenvalue weighted by Gasteiger charge is 2.05. The van der Waals surface area contributed by atoms with Crippen LogP contribution >= 0.6 is 31.9 Å². The Kier molecular flexibility index (Phi) is 3.69. The van der Waals surface area contributed by atoms with Crippen LogP contribution in [0.4, 0.5) is 10.1 Å². The Labute approximate surface area is 115 Å². The van der Waals surface area contributed by atoms with Crippen LogP contribution in [0.1, 0.15) is 0 Å². The Hall–Kier alpha value is -1.07. The molecule has 0 bridgehead atoms. The Morgan fingerprint density at radius 2 is 1.82 bits per heavy atom. The molecule has 17 heavy (non-hydrogen) atoms. The molecule has 0 saturated carbocycles. The van der Waals surface area contributed by atoms with E-state index in [2.05, 4.69) is 31.9 Å². The van der Waals surface area contributed by atoms with Gasteiger partial charge in [-0.15, -0.1) is 0 Å². The second kappa shape index (κ2) is 5.06. The van der Waals surface area contributed by atoms with Gasteiger partial charge in [-0.25, -0.2) is 4.39 Å². The van der Waals surface area contributed by atoms with Crippen molar-refractivity contribution in [3.8, 4) is 11.5 Å². The van der Waals surface area contributed by atoms with Crippen molar-refractivity contribution < 1.29 is 9.13 Å². The summed E-state index contributed by atoms with van der Waals surface area (Å²) in [6.45, 7) is 0. The molecule has 0 radical (unpaired) electrons. The minimum absolute atomic E-state index is 0.327. The summed E-state index contributed by atoms with van der Waals surface area (Å²) in [6, 6.07) is 9.54. The van der Waals surface area contributed by atoms with Gasteiger partial charge in [-0.1, -0.05) is 15.9 Å². The van der Waals surface area contributed by atoms with Gasteiger partial charge in [0.25, 0.3) is 0 Å². The SMILES string of the molecule is Nc1cc(F)cc(Oc2ccc(Br)cc2Br)c1. The zero-order valence-electron chi connectivity index (χ0n) is 8.58. The van der Waals surface area contributed by atoms with Crippen molar-refractivity contribution in [2.24, 2.45) is 0 Å². The average Bonchev–Trinajstić information content (AvgIpc) is 2.21. The molecule has 0 unspecified atom stereocenters. The average molecular weight is 361 g/mol. The van der Waals surface area contributed by atoms with Crippen LogP contribution in [0.15, 0.2) is 45.3 Å². The number of anilines is 1. The van der Waals surface area contributed by atoms with Crippen molar-refractivity contribution in [2.75, 3.05) is 5.73 Å². The zero-order valence-corrected chi connectivity index (χ0v) is 11.8. The lowest BCUT2D eigenvalue weighted by molar-refractivity contribution is 0.474. The molecular weight excluding hydrogens is 353 g/mol. The Morgan fingerprint density at radius 1 is 1.06 bits per heavy atom. The highest BCUT2D eigenvalue weighted by molar-refractivity contribution is 9.11. The van der Waals surface area contributed by atoms with Gasteiger partial charge in [0, 0.05) is 22.3 Å². The topological polar surface area (TPSA) is 35.2 Å². The van der Waals surface area contributed by atoms with Crippen molar-refractivity contribution in [3.05, 3.63) is 51.2 Å². The zero-order chi connectivity index (χ0) is 12.4. The third-order valence-corrected chi connectivity index (χ3v) is 3.13. The van der Waals surface area contributed by atoms with Crippen LogP contribution in [0.3, 0.4) is 0 Å². The fourth-order valence-corrected chi connectivity index (χ4v) is 2.46. The van der Waals surface area contributed by atoms with Gasteiger partial charge in [0.2, 0.25) is 0 Å². The van der Waals surface area contributed by atoms with E-state index in [1.54, 1.807) is 12.1 Å². The molecule has 0 aliphatic rings. The van der Waals surface area contributed by atoms with E-state index in [1.165, 1.54) is 12.1 Å². The highest BCUT2D eigenvalue weighted by atomic mass is 79.9. The lowest BCUT2D eigenvalue weighted by Gasteiger charge is -2.08. The maximum absolute atomic E-state index is 13.1. The molecule has 0 aliphatic heterocycles. The van der Waals surface area contributed by atoms with Gasteiger partial charge in [-0.2, -0.15) is 0 Å². The molecule has 0 saturated heterocycles. The Balaban J connectivity index is 2.31. The predicted molar refractivity (Wildman–Crippen MR) is 72.7 cm³/mol. The Morgan fingerprint density at radius 3 is 2.47 bits per heavy atom. The molecule has 0 fully saturated rings. The molecule has 0 amide bonds. The summed E-state index contributed by atoms with van der Waals surface area (Å²) in [5.41, 5.74) is 5.86. The van der Waals surface area contributed by atoms with Crippen molar-refractivity contribution >= 4 is 37.5 Å². The lowest BCUT2D eigenvalue weighted by atomic mass is 10.3. The van der Waals surface area contributed by atoms with Crippen molar-refractivity contribution in [3.63, 3.8) is 0 Å². The van der Waals surface area contributed by atoms with Crippen molar-refractivity contribution in [2.45, 2.75) is 0 Å². The summed E-state index contributed by atoms with van der Waals surface area (Å²) in [5, 5.41) is 0. The highest BCUT2D eigenvalue weighted by Crippen LogP contribution is 2.32. The molecule has 88 valence electrons. The largest absolute Gasteiger partial charge is 0.456 e. The number of rotatable bonds is 2. The van der Waals surface area contributed by atoms with Crippen LogP contribution in [-0.2, 0) is 0 Å². The van der Waals surface area contributed by atoms with Crippen LogP contribution in [0.2, 0.25) is 0 Å². The summed E-state index contributed by atoms with van der Waals surface area (Å²) in [6.07, 6.45) is 0. The van der Waals surface area contributed by atoms with Crippen molar-refractivity contribution in [1.29, 1.82) is 0 Å². The normalized spacial score (nSPS) is 10.3. The molecule has 2 aromatic carbocycles. The fourth-order valence-electron chi connectivity index (χ4n) is 1.33. The third kappa shape index (κ3) is 3.20. The van der Waals surface area contributed by atoms with E-state index in [9.17, 15) is 4.39 Å². The van der Waals surface area contributed by atoms with Gasteiger partial charge >= 0.3 is 0 Å². The first-order valence-corrected chi connectivity index (χ1v) is 6.32. The van der Waals surface area contributed by atoms with Crippen LogP contribution in [0, 0.1) is 5.82 Å².